The second-order valence-corrected chi connectivity index (χ2v) is 8.76. The van der Waals surface area contributed by atoms with Crippen LogP contribution in [0.1, 0.15) is 43.9 Å². The predicted octanol–water partition coefficient (Wildman–Crippen LogP) is 6.59. The summed E-state index contributed by atoms with van der Waals surface area (Å²) in [5.41, 5.74) is 1.95. The van der Waals surface area contributed by atoms with Crippen molar-refractivity contribution in [3.63, 3.8) is 0 Å². The Kier molecular flexibility index (Phi) is 7.38. The molecule has 3 rings (SSSR count). The third-order valence-corrected chi connectivity index (χ3v) is 5.67. The van der Waals surface area contributed by atoms with Crippen LogP contribution in [0.25, 0.3) is 10.8 Å². The van der Waals surface area contributed by atoms with Crippen LogP contribution in [-0.4, -0.2) is 22.3 Å². The lowest BCUT2D eigenvalue weighted by Crippen LogP contribution is -2.29. The van der Waals surface area contributed by atoms with Crippen molar-refractivity contribution in [2.75, 3.05) is 5.32 Å². The summed E-state index contributed by atoms with van der Waals surface area (Å²) in [6.07, 6.45) is 2.57. The maximum absolute atomic E-state index is 12.9. The van der Waals surface area contributed by atoms with E-state index >= 15 is 0 Å². The van der Waals surface area contributed by atoms with Crippen LogP contribution in [0.5, 0.6) is 5.75 Å². The van der Waals surface area contributed by atoms with Crippen molar-refractivity contribution in [1.82, 2.24) is 0 Å². The second kappa shape index (κ2) is 10.2. The van der Waals surface area contributed by atoms with Gasteiger partial charge in [0.1, 0.15) is 11.9 Å². The minimum atomic E-state index is -0.998. The molecule has 0 spiro atoms. The Morgan fingerprint density at radius 2 is 1.70 bits per heavy atom. The highest BCUT2D eigenvalue weighted by Gasteiger charge is 2.35. The minimum Gasteiger partial charge on any atom is -0.507 e. The summed E-state index contributed by atoms with van der Waals surface area (Å²) in [5, 5.41) is 23.4. The number of carbonyl (C=O) groups is 2. The number of phenols is 1. The first-order valence-electron chi connectivity index (χ1n) is 10.8. The first-order valence-corrected chi connectivity index (χ1v) is 10.8. The predicted molar refractivity (Wildman–Crippen MR) is 129 cm³/mol. The van der Waals surface area contributed by atoms with Gasteiger partial charge in [-0.1, -0.05) is 68.0 Å². The third kappa shape index (κ3) is 6.13. The van der Waals surface area contributed by atoms with Crippen LogP contribution in [0.3, 0.4) is 0 Å². The number of rotatable bonds is 8. The van der Waals surface area contributed by atoms with Crippen molar-refractivity contribution in [1.29, 1.82) is 0 Å². The number of hydrogen-bond donors (Lipinski definition) is 3. The van der Waals surface area contributed by atoms with E-state index in [9.17, 15) is 14.7 Å². The fourth-order valence-electron chi connectivity index (χ4n) is 3.84. The number of anilines is 1. The lowest BCUT2D eigenvalue weighted by molar-refractivity contribution is -0.131. The van der Waals surface area contributed by atoms with E-state index in [2.05, 4.69) is 5.32 Å². The zero-order valence-corrected chi connectivity index (χ0v) is 19.0. The number of carboxylic acid groups (broad SMARTS) is 1. The molecule has 172 valence electrons. The maximum Gasteiger partial charge on any atom is 0.412 e. The highest BCUT2D eigenvalue weighted by atomic mass is 16.6. The Bertz CT molecular complexity index is 1160. The number of amides is 1. The average molecular weight is 448 g/mol. The Labute approximate surface area is 193 Å². The zero-order chi connectivity index (χ0) is 24.0. The standard InChI is InChI=1S/C27H29NO5/c1-18-11-13-19(14-12-18)28-26(32)33-25(27(2,3)17-7-6-10-24(30)31)22-15-16-23(29)21-9-5-4-8-20(21)22/h4-6,8-16,25,29H,7,17H2,1-3H3,(H,28,32)(H,30,31)/b10-6+/t25-/m0/s1. The van der Waals surface area contributed by atoms with Gasteiger partial charge in [0.2, 0.25) is 0 Å². The number of phenolic OH excluding ortho intramolecular Hbond substituents is 1. The quantitative estimate of drug-likeness (QED) is 0.339. The van der Waals surface area contributed by atoms with Crippen LogP contribution in [-0.2, 0) is 9.53 Å². The van der Waals surface area contributed by atoms with Gasteiger partial charge in [-0.15, -0.1) is 0 Å². The van der Waals surface area contributed by atoms with Crippen molar-refractivity contribution in [3.05, 3.63) is 83.9 Å². The molecule has 0 heterocycles. The topological polar surface area (TPSA) is 95.9 Å². The summed E-state index contributed by atoms with van der Waals surface area (Å²) in [5.74, 6) is -0.845. The van der Waals surface area contributed by atoms with Crippen molar-refractivity contribution in [2.24, 2.45) is 5.41 Å². The van der Waals surface area contributed by atoms with E-state index in [1.807, 2.05) is 69.3 Å². The average Bonchev–Trinajstić information content (AvgIpc) is 2.77. The normalized spacial score (nSPS) is 12.6. The molecular weight excluding hydrogens is 418 g/mol. The molecule has 0 unspecified atom stereocenters. The van der Waals surface area contributed by atoms with Gasteiger partial charge in [-0.25, -0.2) is 9.59 Å². The molecule has 0 saturated carbocycles. The van der Waals surface area contributed by atoms with Crippen molar-refractivity contribution < 1.29 is 24.5 Å². The highest BCUT2D eigenvalue weighted by molar-refractivity contribution is 5.91. The molecule has 0 aliphatic carbocycles. The molecule has 3 aromatic carbocycles. The maximum atomic E-state index is 12.9. The first kappa shape index (κ1) is 23.9. The van der Waals surface area contributed by atoms with E-state index in [1.165, 1.54) is 0 Å². The van der Waals surface area contributed by atoms with Crippen LogP contribution in [0.15, 0.2) is 72.8 Å². The molecule has 6 heteroatoms. The van der Waals surface area contributed by atoms with E-state index < -0.39 is 23.6 Å². The second-order valence-electron chi connectivity index (χ2n) is 8.76. The Morgan fingerprint density at radius 1 is 1.03 bits per heavy atom. The SMILES string of the molecule is Cc1ccc(NC(=O)O[C@@H](c2ccc(O)c3ccccc23)C(C)(C)CC/C=C/C(=O)O)cc1. The summed E-state index contributed by atoms with van der Waals surface area (Å²) >= 11 is 0. The van der Waals surface area contributed by atoms with Gasteiger partial charge in [-0.05, 0) is 43.4 Å². The van der Waals surface area contributed by atoms with Gasteiger partial charge in [0.05, 0.1) is 0 Å². The molecule has 0 aromatic heterocycles. The Morgan fingerprint density at radius 3 is 2.36 bits per heavy atom. The van der Waals surface area contributed by atoms with E-state index in [-0.39, 0.29) is 5.75 Å². The van der Waals surface area contributed by atoms with Crippen LogP contribution >= 0.6 is 0 Å². The molecule has 1 atom stereocenters. The lowest BCUT2D eigenvalue weighted by atomic mass is 9.77. The van der Waals surface area contributed by atoms with Gasteiger partial charge in [-0.2, -0.15) is 0 Å². The summed E-state index contributed by atoms with van der Waals surface area (Å²) in [4.78, 5) is 23.7. The zero-order valence-electron chi connectivity index (χ0n) is 19.0. The number of fused-ring (bicyclic) bond motifs is 1. The summed E-state index contributed by atoms with van der Waals surface area (Å²) in [6.45, 7) is 5.93. The molecular formula is C27H29NO5. The van der Waals surface area contributed by atoms with Crippen LogP contribution in [0, 0.1) is 12.3 Å². The first-order chi connectivity index (χ1) is 15.7. The molecule has 0 saturated heterocycles. The number of hydrogen-bond acceptors (Lipinski definition) is 4. The fraction of sp³-hybridized carbons (Fsp3) is 0.259. The minimum absolute atomic E-state index is 0.152. The summed E-state index contributed by atoms with van der Waals surface area (Å²) in [7, 11) is 0. The number of carbonyl (C=O) groups excluding carboxylic acids is 1. The van der Waals surface area contributed by atoms with Gasteiger partial charge in [0.15, 0.2) is 0 Å². The molecule has 0 fully saturated rings. The van der Waals surface area contributed by atoms with E-state index in [1.54, 1.807) is 18.2 Å². The number of carboxylic acids is 1. The number of allylic oxidation sites excluding steroid dienone is 1. The molecule has 33 heavy (non-hydrogen) atoms. The van der Waals surface area contributed by atoms with Crippen LogP contribution < -0.4 is 5.32 Å². The number of aryl methyl sites for hydroxylation is 1. The largest absolute Gasteiger partial charge is 0.507 e. The fourth-order valence-corrected chi connectivity index (χ4v) is 3.84. The van der Waals surface area contributed by atoms with Gasteiger partial charge in [-0.3, -0.25) is 5.32 Å². The molecule has 0 aliphatic rings. The molecule has 0 radical (unpaired) electrons. The molecule has 3 aromatic rings. The summed E-state index contributed by atoms with van der Waals surface area (Å²) < 4.78 is 5.99. The van der Waals surface area contributed by atoms with Crippen molar-refractivity contribution in [2.45, 2.75) is 39.7 Å². The van der Waals surface area contributed by atoms with E-state index in [4.69, 9.17) is 9.84 Å². The van der Waals surface area contributed by atoms with Gasteiger partial charge >= 0.3 is 12.1 Å². The molecule has 3 N–H and O–H groups in total. The smallest absolute Gasteiger partial charge is 0.412 e. The van der Waals surface area contributed by atoms with Gasteiger partial charge in [0.25, 0.3) is 0 Å². The Balaban J connectivity index is 1.94. The van der Waals surface area contributed by atoms with E-state index in [0.29, 0.717) is 23.9 Å². The lowest BCUT2D eigenvalue weighted by Gasteiger charge is -2.35. The van der Waals surface area contributed by atoms with Gasteiger partial charge < -0.3 is 14.9 Å². The van der Waals surface area contributed by atoms with Crippen molar-refractivity contribution >= 4 is 28.5 Å². The van der Waals surface area contributed by atoms with E-state index in [0.717, 1.165) is 22.6 Å². The molecule has 6 nitrogen and oxygen atoms in total. The number of aliphatic carboxylic acids is 1. The molecule has 1 amide bonds. The number of aromatic hydroxyl groups is 1. The monoisotopic (exact) mass is 447 g/mol. The van der Waals surface area contributed by atoms with Gasteiger partial charge in [0, 0.05) is 28.1 Å². The van der Waals surface area contributed by atoms with Crippen LogP contribution in [0.4, 0.5) is 10.5 Å². The third-order valence-electron chi connectivity index (χ3n) is 5.67. The number of nitrogens with one attached hydrogen (secondary N) is 1. The molecule has 0 bridgehead atoms. The highest BCUT2D eigenvalue weighted by Crippen LogP contribution is 2.44. The molecule has 0 aliphatic heterocycles. The van der Waals surface area contributed by atoms with Crippen LogP contribution in [0.2, 0.25) is 0 Å². The Hall–Kier alpha value is -3.80. The van der Waals surface area contributed by atoms with Crippen molar-refractivity contribution in [3.8, 4) is 5.75 Å². The number of ether oxygens (including phenoxy) is 1. The summed E-state index contributed by atoms with van der Waals surface area (Å²) in [6, 6.07) is 18.2. The number of benzene rings is 3.